The van der Waals surface area contributed by atoms with Crippen LogP contribution < -0.4 is 11.1 Å². The molecule has 3 heterocycles. The highest BCUT2D eigenvalue weighted by Gasteiger charge is 2.19. The van der Waals surface area contributed by atoms with E-state index >= 15 is 0 Å². The van der Waals surface area contributed by atoms with Crippen molar-refractivity contribution in [1.29, 1.82) is 0 Å². The highest BCUT2D eigenvalue weighted by Crippen LogP contribution is 2.24. The number of H-pyrrole nitrogens is 1. The van der Waals surface area contributed by atoms with Crippen molar-refractivity contribution in [3.05, 3.63) is 83.8 Å². The molecule has 1 aliphatic rings. The van der Waals surface area contributed by atoms with Gasteiger partial charge >= 0.3 is 0 Å². The third-order valence-corrected chi connectivity index (χ3v) is 5.55. The second-order valence-corrected chi connectivity index (χ2v) is 8.00. The van der Waals surface area contributed by atoms with Gasteiger partial charge in [-0.2, -0.15) is 0 Å². The molecule has 32 heavy (non-hydrogen) atoms. The van der Waals surface area contributed by atoms with Crippen LogP contribution in [0.2, 0.25) is 0 Å². The molecule has 5 rings (SSSR count). The molecule has 0 amide bonds. The lowest BCUT2D eigenvalue weighted by molar-refractivity contribution is 0.507. The number of pyridine rings is 1. The number of aromatic nitrogens is 3. The first kappa shape index (κ1) is 20.1. The Balaban J connectivity index is 1.24. The first-order valence-corrected chi connectivity index (χ1v) is 10.9. The van der Waals surface area contributed by atoms with Gasteiger partial charge in [-0.3, -0.25) is 4.99 Å². The Morgan fingerprint density at radius 2 is 2.06 bits per heavy atom. The monoisotopic (exact) mass is 426 g/mol. The molecule has 0 radical (unpaired) electrons. The summed E-state index contributed by atoms with van der Waals surface area (Å²) in [5.74, 6) is 1.85. The molecule has 1 saturated carbocycles. The van der Waals surface area contributed by atoms with Crippen LogP contribution in [0.25, 0.3) is 16.7 Å². The molecule has 0 spiro atoms. The van der Waals surface area contributed by atoms with E-state index in [1.54, 1.807) is 18.7 Å². The molecule has 1 aromatic carbocycles. The van der Waals surface area contributed by atoms with Gasteiger partial charge in [-0.25, -0.2) is 9.97 Å². The van der Waals surface area contributed by atoms with E-state index in [-0.39, 0.29) is 0 Å². The predicted octanol–water partition coefficient (Wildman–Crippen LogP) is 4.48. The number of aromatic amines is 1. The molecular formula is C25H26N6O. The Morgan fingerprint density at radius 1 is 1.19 bits per heavy atom. The minimum absolute atomic E-state index is 0.485. The zero-order valence-corrected chi connectivity index (χ0v) is 17.8. The number of fused-ring (bicyclic) bond motifs is 1. The Hall–Kier alpha value is -3.87. The average molecular weight is 427 g/mol. The van der Waals surface area contributed by atoms with Crippen LogP contribution in [0.5, 0.6) is 0 Å². The number of aliphatic imine (C=N–C) groups is 1. The van der Waals surface area contributed by atoms with Gasteiger partial charge in [0.2, 0.25) is 0 Å². The van der Waals surface area contributed by atoms with Crippen LogP contribution in [0.4, 0.5) is 5.69 Å². The lowest BCUT2D eigenvalue weighted by Gasteiger charge is -2.08. The van der Waals surface area contributed by atoms with Gasteiger partial charge in [0.15, 0.2) is 5.65 Å². The van der Waals surface area contributed by atoms with Gasteiger partial charge in [0, 0.05) is 43.6 Å². The molecule has 1 fully saturated rings. The number of nitrogens with two attached hydrogens (primary N) is 1. The number of nitrogens with one attached hydrogen (secondary N) is 2. The zero-order chi connectivity index (χ0) is 21.8. The van der Waals surface area contributed by atoms with Gasteiger partial charge in [0.25, 0.3) is 0 Å². The topological polar surface area (TPSA) is 105 Å². The number of rotatable bonds is 9. The molecular weight excluding hydrogens is 400 g/mol. The van der Waals surface area contributed by atoms with Crippen molar-refractivity contribution in [3.63, 3.8) is 0 Å². The van der Waals surface area contributed by atoms with Crippen molar-refractivity contribution in [2.75, 3.05) is 5.32 Å². The Morgan fingerprint density at radius 3 is 2.81 bits per heavy atom. The summed E-state index contributed by atoms with van der Waals surface area (Å²) in [5.41, 5.74) is 11.6. The SMILES string of the molecule is N/C=C(\C=NC1CC1)c1ccc(CNc2ccnc3nc(CCc4ccco4)[nH]c23)cc1. The average Bonchev–Trinajstić information content (AvgIpc) is 3.32. The minimum atomic E-state index is 0.485. The number of aryl methyl sites for hydroxylation is 2. The molecule has 7 heteroatoms. The minimum Gasteiger partial charge on any atom is -0.469 e. The molecule has 0 aliphatic heterocycles. The third kappa shape index (κ3) is 4.72. The predicted molar refractivity (Wildman–Crippen MR) is 127 cm³/mol. The van der Waals surface area contributed by atoms with Crippen LogP contribution in [0.1, 0.15) is 35.6 Å². The van der Waals surface area contributed by atoms with E-state index in [2.05, 4.69) is 49.5 Å². The maximum Gasteiger partial charge on any atom is 0.179 e. The quantitative estimate of drug-likeness (QED) is 0.342. The lowest BCUT2D eigenvalue weighted by Crippen LogP contribution is -2.01. The summed E-state index contributed by atoms with van der Waals surface area (Å²) >= 11 is 0. The number of nitrogens with zero attached hydrogens (tertiary/aromatic N) is 3. The van der Waals surface area contributed by atoms with Gasteiger partial charge in [0.05, 0.1) is 18.0 Å². The summed E-state index contributed by atoms with van der Waals surface area (Å²) in [6, 6.07) is 14.7. The molecule has 162 valence electrons. The molecule has 4 N–H and O–H groups in total. The van der Waals surface area contributed by atoms with Gasteiger partial charge in [0.1, 0.15) is 17.1 Å². The summed E-state index contributed by atoms with van der Waals surface area (Å²) in [7, 11) is 0. The first-order chi connectivity index (χ1) is 15.8. The highest BCUT2D eigenvalue weighted by molar-refractivity contribution is 6.09. The Labute approximate surface area is 186 Å². The fourth-order valence-corrected chi connectivity index (χ4v) is 3.56. The van der Waals surface area contributed by atoms with Crippen molar-refractivity contribution in [2.24, 2.45) is 10.7 Å². The van der Waals surface area contributed by atoms with Gasteiger partial charge in [-0.15, -0.1) is 0 Å². The van der Waals surface area contributed by atoms with Crippen molar-refractivity contribution in [2.45, 2.75) is 38.3 Å². The van der Waals surface area contributed by atoms with E-state index < -0.39 is 0 Å². The fraction of sp³-hybridized carbons (Fsp3) is 0.240. The summed E-state index contributed by atoms with van der Waals surface area (Å²) in [5, 5.41) is 3.50. The number of imidazole rings is 1. The van der Waals surface area contributed by atoms with Crippen molar-refractivity contribution in [1.82, 2.24) is 15.0 Å². The van der Waals surface area contributed by atoms with Gasteiger partial charge in [-0.05, 0) is 42.2 Å². The van der Waals surface area contributed by atoms with E-state index in [4.69, 9.17) is 10.2 Å². The number of allylic oxidation sites excluding steroid dienone is 1. The number of benzene rings is 1. The van der Waals surface area contributed by atoms with Gasteiger partial charge < -0.3 is 20.5 Å². The molecule has 0 atom stereocenters. The number of anilines is 1. The van der Waals surface area contributed by atoms with Crippen LogP contribution in [0.15, 0.2) is 70.5 Å². The van der Waals surface area contributed by atoms with Crippen LogP contribution in [0.3, 0.4) is 0 Å². The molecule has 0 saturated heterocycles. The molecule has 0 bridgehead atoms. The standard InChI is InChI=1S/C25H26N6O/c26-14-19(16-28-20-7-8-20)18-5-3-17(4-6-18)15-29-22-11-12-27-25-24(22)30-23(31-25)10-9-21-2-1-13-32-21/h1-6,11-14,16,20H,7-10,15,26H2,(H2,27,29,30,31)/b19-14+,28-16?. The van der Waals surface area contributed by atoms with Crippen LogP contribution in [0, 0.1) is 0 Å². The van der Waals surface area contributed by atoms with E-state index in [9.17, 15) is 0 Å². The van der Waals surface area contributed by atoms with E-state index in [1.807, 2.05) is 24.4 Å². The molecule has 7 nitrogen and oxygen atoms in total. The highest BCUT2D eigenvalue weighted by atomic mass is 16.3. The number of hydrogen-bond donors (Lipinski definition) is 3. The van der Waals surface area contributed by atoms with Crippen LogP contribution in [-0.4, -0.2) is 27.2 Å². The first-order valence-electron chi connectivity index (χ1n) is 10.9. The molecule has 1 aliphatic carbocycles. The zero-order valence-electron chi connectivity index (χ0n) is 17.8. The summed E-state index contributed by atoms with van der Waals surface area (Å²) in [4.78, 5) is 17.0. The lowest BCUT2D eigenvalue weighted by atomic mass is 10.1. The summed E-state index contributed by atoms with van der Waals surface area (Å²) < 4.78 is 5.41. The maximum absolute atomic E-state index is 5.80. The Bertz CT molecular complexity index is 1230. The largest absolute Gasteiger partial charge is 0.469 e. The van der Waals surface area contributed by atoms with Crippen molar-refractivity contribution in [3.8, 4) is 0 Å². The number of furan rings is 1. The summed E-state index contributed by atoms with van der Waals surface area (Å²) in [6.45, 7) is 0.692. The van der Waals surface area contributed by atoms with E-state index in [0.717, 1.165) is 46.8 Å². The molecule has 3 aromatic heterocycles. The fourth-order valence-electron chi connectivity index (χ4n) is 3.56. The second-order valence-electron chi connectivity index (χ2n) is 8.00. The maximum atomic E-state index is 5.80. The summed E-state index contributed by atoms with van der Waals surface area (Å²) in [6.07, 6.45) is 10.9. The number of hydrogen-bond acceptors (Lipinski definition) is 6. The smallest absolute Gasteiger partial charge is 0.179 e. The molecule has 4 aromatic rings. The third-order valence-electron chi connectivity index (χ3n) is 5.55. The normalized spacial score (nSPS) is 14.4. The van der Waals surface area contributed by atoms with Crippen LogP contribution >= 0.6 is 0 Å². The van der Waals surface area contributed by atoms with Gasteiger partial charge in [-0.1, -0.05) is 24.3 Å². The van der Waals surface area contributed by atoms with Crippen molar-refractivity contribution >= 4 is 28.6 Å². The van der Waals surface area contributed by atoms with Crippen LogP contribution in [-0.2, 0) is 19.4 Å². The van der Waals surface area contributed by atoms with E-state index in [1.165, 1.54) is 18.4 Å². The van der Waals surface area contributed by atoms with Crippen molar-refractivity contribution < 1.29 is 4.42 Å². The van der Waals surface area contributed by atoms with E-state index in [0.29, 0.717) is 18.2 Å². The Kier molecular flexibility index (Phi) is 5.70. The second kappa shape index (κ2) is 9.09. The molecule has 0 unspecified atom stereocenters.